The summed E-state index contributed by atoms with van der Waals surface area (Å²) in [6, 6.07) is 12.2. The Balaban J connectivity index is 1.46. The highest BCUT2D eigenvalue weighted by molar-refractivity contribution is 7.92. The molecule has 2 aromatic carbocycles. The Morgan fingerprint density at radius 1 is 0.935 bits per heavy atom. The number of thiophene rings is 1. The number of carbonyl (C=O) groups excluding carboxylic acids is 1. The molecule has 2 heterocycles. The summed E-state index contributed by atoms with van der Waals surface area (Å²) in [7, 11) is -3.84. The first kappa shape index (κ1) is 21.8. The van der Waals surface area contributed by atoms with Gasteiger partial charge in [0.15, 0.2) is 11.5 Å². The predicted molar refractivity (Wildman–Crippen MR) is 122 cm³/mol. The van der Waals surface area contributed by atoms with Crippen molar-refractivity contribution < 1.29 is 22.7 Å². The van der Waals surface area contributed by atoms with Crippen LogP contribution in [0.1, 0.15) is 16.8 Å². The van der Waals surface area contributed by atoms with Crippen molar-refractivity contribution in [1.82, 2.24) is 0 Å². The minimum Gasteiger partial charge on any atom is -0.490 e. The molecule has 162 valence electrons. The molecular weight excluding hydrogens is 483 g/mol. The topological polar surface area (TPSA) is 93.7 Å². The van der Waals surface area contributed by atoms with Crippen LogP contribution in [0.2, 0.25) is 8.67 Å². The Labute approximate surface area is 192 Å². The summed E-state index contributed by atoms with van der Waals surface area (Å²) in [4.78, 5) is 12.4. The second-order valence-electron chi connectivity index (χ2n) is 6.53. The van der Waals surface area contributed by atoms with Gasteiger partial charge in [-0.15, -0.1) is 11.3 Å². The summed E-state index contributed by atoms with van der Waals surface area (Å²) < 4.78 is 39.8. The van der Waals surface area contributed by atoms with Crippen LogP contribution in [-0.4, -0.2) is 27.5 Å². The molecule has 0 saturated carbocycles. The smallest absolute Gasteiger partial charge is 0.262 e. The lowest BCUT2D eigenvalue weighted by Gasteiger charge is -2.12. The van der Waals surface area contributed by atoms with Gasteiger partial charge in [-0.05, 0) is 42.5 Å². The number of carbonyl (C=O) groups is 1. The number of amides is 1. The maximum atomic E-state index is 12.8. The van der Waals surface area contributed by atoms with Crippen molar-refractivity contribution in [3.63, 3.8) is 0 Å². The second kappa shape index (κ2) is 8.96. The van der Waals surface area contributed by atoms with Crippen molar-refractivity contribution in [2.75, 3.05) is 23.3 Å². The molecule has 0 fully saturated rings. The average Bonchev–Trinajstić information content (AvgIpc) is 2.93. The molecule has 0 aliphatic carbocycles. The quantitative estimate of drug-likeness (QED) is 0.499. The zero-order chi connectivity index (χ0) is 22.0. The van der Waals surface area contributed by atoms with Crippen molar-refractivity contribution in [2.45, 2.75) is 11.3 Å². The first-order chi connectivity index (χ1) is 14.8. The van der Waals surface area contributed by atoms with E-state index < -0.39 is 15.9 Å². The molecule has 1 aliphatic heterocycles. The Kier molecular flexibility index (Phi) is 6.29. The SMILES string of the molecule is O=C(Nc1ccc(NS(=O)(=O)c2ccc3c(c2)OCCCO3)cc1)c1cc(Cl)sc1Cl. The van der Waals surface area contributed by atoms with Gasteiger partial charge in [0, 0.05) is 23.9 Å². The highest BCUT2D eigenvalue weighted by Gasteiger charge is 2.19. The molecule has 0 saturated heterocycles. The van der Waals surface area contributed by atoms with Gasteiger partial charge in [0.05, 0.1) is 28.0 Å². The van der Waals surface area contributed by atoms with Gasteiger partial charge in [0.25, 0.3) is 15.9 Å². The average molecular weight is 499 g/mol. The van der Waals surface area contributed by atoms with E-state index in [1.807, 2.05) is 0 Å². The fourth-order valence-electron chi connectivity index (χ4n) is 2.84. The van der Waals surface area contributed by atoms with Crippen LogP contribution in [0.15, 0.2) is 53.4 Å². The highest BCUT2D eigenvalue weighted by atomic mass is 35.5. The first-order valence-electron chi connectivity index (χ1n) is 9.10. The van der Waals surface area contributed by atoms with Crippen LogP contribution in [0.4, 0.5) is 11.4 Å². The van der Waals surface area contributed by atoms with Crippen LogP contribution in [-0.2, 0) is 10.0 Å². The predicted octanol–water partition coefficient (Wildman–Crippen LogP) is 5.27. The summed E-state index contributed by atoms with van der Waals surface area (Å²) in [5, 5.41) is 2.69. The molecule has 1 amide bonds. The Hall–Kier alpha value is -2.46. The van der Waals surface area contributed by atoms with E-state index in [4.69, 9.17) is 32.7 Å². The van der Waals surface area contributed by atoms with Crippen molar-refractivity contribution in [3.8, 4) is 11.5 Å². The third-order valence-electron chi connectivity index (χ3n) is 4.33. The lowest BCUT2D eigenvalue weighted by Crippen LogP contribution is -2.14. The van der Waals surface area contributed by atoms with Gasteiger partial charge in [-0.2, -0.15) is 0 Å². The van der Waals surface area contributed by atoms with E-state index in [0.717, 1.165) is 17.8 Å². The monoisotopic (exact) mass is 498 g/mol. The van der Waals surface area contributed by atoms with Crippen molar-refractivity contribution in [1.29, 1.82) is 0 Å². The molecule has 0 spiro atoms. The van der Waals surface area contributed by atoms with Crippen molar-refractivity contribution in [3.05, 3.63) is 62.8 Å². The third kappa shape index (κ3) is 5.07. The van der Waals surface area contributed by atoms with E-state index in [1.54, 1.807) is 30.3 Å². The third-order valence-corrected chi connectivity index (χ3v) is 7.19. The van der Waals surface area contributed by atoms with Gasteiger partial charge in [-0.25, -0.2) is 8.42 Å². The zero-order valence-corrected chi connectivity index (χ0v) is 19.0. The van der Waals surface area contributed by atoms with Crippen LogP contribution >= 0.6 is 34.5 Å². The van der Waals surface area contributed by atoms with Crippen LogP contribution in [0, 0.1) is 0 Å². The number of hydrogen-bond donors (Lipinski definition) is 2. The molecule has 0 radical (unpaired) electrons. The molecule has 7 nitrogen and oxygen atoms in total. The van der Waals surface area contributed by atoms with Gasteiger partial charge in [-0.3, -0.25) is 9.52 Å². The van der Waals surface area contributed by atoms with E-state index in [0.29, 0.717) is 44.8 Å². The Morgan fingerprint density at radius 2 is 1.61 bits per heavy atom. The summed E-state index contributed by atoms with van der Waals surface area (Å²) in [5.74, 6) is 0.503. The van der Waals surface area contributed by atoms with Gasteiger partial charge in [0.1, 0.15) is 4.34 Å². The molecule has 11 heteroatoms. The number of fused-ring (bicyclic) bond motifs is 1. The maximum Gasteiger partial charge on any atom is 0.262 e. The van der Waals surface area contributed by atoms with E-state index >= 15 is 0 Å². The molecule has 31 heavy (non-hydrogen) atoms. The number of halogens is 2. The summed E-state index contributed by atoms with van der Waals surface area (Å²) in [6.45, 7) is 0.978. The van der Waals surface area contributed by atoms with E-state index in [1.165, 1.54) is 18.2 Å². The van der Waals surface area contributed by atoms with E-state index in [-0.39, 0.29) is 10.5 Å². The van der Waals surface area contributed by atoms with E-state index in [2.05, 4.69) is 10.0 Å². The molecule has 0 atom stereocenters. The second-order valence-corrected chi connectivity index (χ2v) is 10.5. The van der Waals surface area contributed by atoms with Crippen LogP contribution in [0.5, 0.6) is 11.5 Å². The number of ether oxygens (including phenoxy) is 2. The largest absolute Gasteiger partial charge is 0.490 e. The molecule has 2 N–H and O–H groups in total. The number of sulfonamides is 1. The van der Waals surface area contributed by atoms with Crippen LogP contribution in [0.25, 0.3) is 0 Å². The lowest BCUT2D eigenvalue weighted by atomic mass is 10.2. The van der Waals surface area contributed by atoms with Gasteiger partial charge in [0.2, 0.25) is 0 Å². The lowest BCUT2D eigenvalue weighted by molar-refractivity contribution is 0.102. The number of hydrogen-bond acceptors (Lipinski definition) is 6. The van der Waals surface area contributed by atoms with Crippen molar-refractivity contribution in [2.24, 2.45) is 0 Å². The van der Waals surface area contributed by atoms with Gasteiger partial charge >= 0.3 is 0 Å². The van der Waals surface area contributed by atoms with Crippen LogP contribution in [0.3, 0.4) is 0 Å². The summed E-state index contributed by atoms with van der Waals surface area (Å²) in [5.41, 5.74) is 1.08. The molecule has 3 aromatic rings. The minimum atomic E-state index is -3.84. The summed E-state index contributed by atoms with van der Waals surface area (Å²) in [6.07, 6.45) is 0.726. The highest BCUT2D eigenvalue weighted by Crippen LogP contribution is 2.33. The van der Waals surface area contributed by atoms with E-state index in [9.17, 15) is 13.2 Å². The molecule has 1 aromatic heterocycles. The number of benzene rings is 2. The molecule has 4 rings (SSSR count). The number of rotatable bonds is 5. The standard InChI is InChI=1S/C20H16Cl2N2O5S2/c21-18-11-15(19(22)30-18)20(25)23-12-2-4-13(5-3-12)24-31(26,27)14-6-7-16-17(10-14)29-9-1-8-28-16/h2-7,10-11,24H,1,8-9H2,(H,23,25). The van der Waals surface area contributed by atoms with Crippen molar-refractivity contribution >= 4 is 61.8 Å². The van der Waals surface area contributed by atoms with Gasteiger partial charge < -0.3 is 14.8 Å². The first-order valence-corrected chi connectivity index (χ1v) is 12.2. The molecule has 0 unspecified atom stereocenters. The normalized spacial score (nSPS) is 13.4. The van der Waals surface area contributed by atoms with Gasteiger partial charge in [-0.1, -0.05) is 23.2 Å². The number of nitrogens with one attached hydrogen (secondary N) is 2. The molecule has 0 bridgehead atoms. The Bertz CT molecular complexity index is 1230. The molecule has 1 aliphatic rings. The number of anilines is 2. The fourth-order valence-corrected chi connectivity index (χ4v) is 5.37. The van der Waals surface area contributed by atoms with Crippen LogP contribution < -0.4 is 19.5 Å². The zero-order valence-electron chi connectivity index (χ0n) is 15.9. The minimum absolute atomic E-state index is 0.0538. The maximum absolute atomic E-state index is 12.8. The summed E-state index contributed by atoms with van der Waals surface area (Å²) >= 11 is 13.0. The molecular formula is C20H16Cl2N2O5S2. The Morgan fingerprint density at radius 3 is 2.29 bits per heavy atom. The fraction of sp³-hybridized carbons (Fsp3) is 0.150.